The van der Waals surface area contributed by atoms with Crippen LogP contribution < -0.4 is 5.32 Å². The van der Waals surface area contributed by atoms with E-state index < -0.39 is 0 Å². The van der Waals surface area contributed by atoms with Crippen molar-refractivity contribution >= 4 is 51.5 Å². The average Bonchev–Trinajstić information content (AvgIpc) is 1.96. The van der Waals surface area contributed by atoms with Gasteiger partial charge in [0.1, 0.15) is 0 Å². The molecule has 0 heterocycles. The van der Waals surface area contributed by atoms with Crippen molar-refractivity contribution in [2.45, 2.75) is 6.92 Å². The summed E-state index contributed by atoms with van der Waals surface area (Å²) in [5, 5.41) is 3.21. The number of hydrogen-bond donors (Lipinski definition) is 1. The van der Waals surface area contributed by atoms with Crippen molar-refractivity contribution < 1.29 is 4.79 Å². The molecule has 13 heavy (non-hydrogen) atoms. The first-order valence-electron chi connectivity index (χ1n) is 3.32. The summed E-state index contributed by atoms with van der Waals surface area (Å²) in [5.74, 6) is -0.103. The van der Waals surface area contributed by atoms with Crippen molar-refractivity contribution in [1.29, 1.82) is 0 Å². The van der Waals surface area contributed by atoms with Crippen LogP contribution in [0.25, 0.3) is 0 Å². The van der Waals surface area contributed by atoms with E-state index in [0.717, 1.165) is 4.47 Å². The lowest BCUT2D eigenvalue weighted by molar-refractivity contribution is -0.114. The molecule has 1 rings (SSSR count). The average molecular weight is 285 g/mol. The lowest BCUT2D eigenvalue weighted by atomic mass is 10.3. The minimum atomic E-state index is -0.103. The molecule has 0 aromatic heterocycles. The second-order valence-electron chi connectivity index (χ2n) is 2.31. The summed E-state index contributed by atoms with van der Waals surface area (Å²) in [4.78, 5) is 10.6. The standard InChI is InChI=1S/C8H7BrClNO.ClH/c1-5(12)11-6-2-3-7(9)8(10)4-6;/h2-4H,1H3,(H,11,12);1H. The molecule has 0 bridgehead atoms. The first-order chi connectivity index (χ1) is 5.59. The minimum absolute atomic E-state index is 0. The van der Waals surface area contributed by atoms with E-state index in [-0.39, 0.29) is 18.3 Å². The molecule has 1 N–H and O–H groups in total. The third-order valence-corrected chi connectivity index (χ3v) is 2.47. The highest BCUT2D eigenvalue weighted by Crippen LogP contribution is 2.25. The Hall–Kier alpha value is -0.250. The minimum Gasteiger partial charge on any atom is -0.326 e. The van der Waals surface area contributed by atoms with Crippen LogP contribution in [-0.2, 0) is 4.79 Å². The van der Waals surface area contributed by atoms with E-state index in [1.165, 1.54) is 6.92 Å². The van der Waals surface area contributed by atoms with Gasteiger partial charge >= 0.3 is 0 Å². The second-order valence-corrected chi connectivity index (χ2v) is 3.57. The summed E-state index contributed by atoms with van der Waals surface area (Å²) in [7, 11) is 0. The Morgan fingerprint density at radius 1 is 1.54 bits per heavy atom. The number of benzene rings is 1. The molecule has 1 aromatic carbocycles. The number of nitrogens with one attached hydrogen (secondary N) is 1. The molecule has 0 atom stereocenters. The van der Waals surface area contributed by atoms with Crippen molar-refractivity contribution in [3.63, 3.8) is 0 Å². The van der Waals surface area contributed by atoms with E-state index in [2.05, 4.69) is 21.2 Å². The molecule has 72 valence electrons. The lowest BCUT2D eigenvalue weighted by Gasteiger charge is -2.02. The molecule has 2 nitrogen and oxygen atoms in total. The fraction of sp³-hybridized carbons (Fsp3) is 0.125. The molecule has 0 spiro atoms. The lowest BCUT2D eigenvalue weighted by Crippen LogP contribution is -2.05. The summed E-state index contributed by atoms with van der Waals surface area (Å²) in [6.07, 6.45) is 0. The van der Waals surface area contributed by atoms with Gasteiger partial charge in [-0.15, -0.1) is 12.4 Å². The molecule has 0 radical (unpaired) electrons. The normalized spacial score (nSPS) is 8.85. The van der Waals surface area contributed by atoms with Crippen LogP contribution in [0.3, 0.4) is 0 Å². The van der Waals surface area contributed by atoms with Gasteiger partial charge in [0.25, 0.3) is 0 Å². The Morgan fingerprint density at radius 3 is 2.62 bits per heavy atom. The molecule has 1 aromatic rings. The van der Waals surface area contributed by atoms with Crippen LogP contribution >= 0.6 is 39.9 Å². The van der Waals surface area contributed by atoms with Crippen LogP contribution in [0, 0.1) is 0 Å². The smallest absolute Gasteiger partial charge is 0.221 e. The van der Waals surface area contributed by atoms with Crippen molar-refractivity contribution in [1.82, 2.24) is 0 Å². The molecule has 0 aliphatic carbocycles. The molecule has 0 saturated carbocycles. The Balaban J connectivity index is 0.00000144. The Bertz CT molecular complexity index is 317. The van der Waals surface area contributed by atoms with Gasteiger partial charge in [0.15, 0.2) is 0 Å². The number of carbonyl (C=O) groups is 1. The third kappa shape index (κ3) is 3.98. The van der Waals surface area contributed by atoms with Crippen LogP contribution in [-0.4, -0.2) is 5.91 Å². The van der Waals surface area contributed by atoms with E-state index >= 15 is 0 Å². The number of anilines is 1. The summed E-state index contributed by atoms with van der Waals surface area (Å²) in [6, 6.07) is 5.25. The highest BCUT2D eigenvalue weighted by atomic mass is 79.9. The van der Waals surface area contributed by atoms with Gasteiger partial charge in [0, 0.05) is 17.1 Å². The van der Waals surface area contributed by atoms with Gasteiger partial charge in [-0.25, -0.2) is 0 Å². The molecule has 0 aliphatic rings. The highest BCUT2D eigenvalue weighted by molar-refractivity contribution is 9.10. The molecule has 5 heteroatoms. The molecule has 0 aliphatic heterocycles. The second kappa shape index (κ2) is 5.47. The van der Waals surface area contributed by atoms with Crippen LogP contribution in [0.1, 0.15) is 6.92 Å². The van der Waals surface area contributed by atoms with Crippen LogP contribution in [0.4, 0.5) is 5.69 Å². The van der Waals surface area contributed by atoms with Crippen molar-refractivity contribution in [2.75, 3.05) is 5.32 Å². The zero-order valence-corrected chi connectivity index (χ0v) is 9.96. The van der Waals surface area contributed by atoms with E-state index in [4.69, 9.17) is 11.6 Å². The predicted molar refractivity (Wildman–Crippen MR) is 60.7 cm³/mol. The van der Waals surface area contributed by atoms with Crippen molar-refractivity contribution in [3.8, 4) is 0 Å². The molecule has 0 fully saturated rings. The van der Waals surface area contributed by atoms with Gasteiger partial charge in [-0.3, -0.25) is 4.79 Å². The number of carbonyl (C=O) groups excluding carboxylic acids is 1. The number of rotatable bonds is 1. The zero-order chi connectivity index (χ0) is 9.14. The summed E-state index contributed by atoms with van der Waals surface area (Å²) < 4.78 is 0.818. The van der Waals surface area contributed by atoms with Crippen molar-refractivity contribution in [3.05, 3.63) is 27.7 Å². The number of halogens is 3. The zero-order valence-electron chi connectivity index (χ0n) is 6.80. The van der Waals surface area contributed by atoms with E-state index in [1.807, 2.05) is 0 Å². The summed E-state index contributed by atoms with van der Waals surface area (Å²) in [6.45, 7) is 1.45. The number of amides is 1. The number of hydrogen-bond acceptors (Lipinski definition) is 1. The predicted octanol–water partition coefficient (Wildman–Crippen LogP) is 3.48. The first kappa shape index (κ1) is 12.8. The van der Waals surface area contributed by atoms with Gasteiger partial charge in [-0.05, 0) is 34.1 Å². The highest BCUT2D eigenvalue weighted by Gasteiger charge is 1.99. The maximum absolute atomic E-state index is 10.6. The van der Waals surface area contributed by atoms with Crippen LogP contribution in [0.2, 0.25) is 5.02 Å². The summed E-state index contributed by atoms with van der Waals surface area (Å²) >= 11 is 9.05. The van der Waals surface area contributed by atoms with Gasteiger partial charge in [-0.2, -0.15) is 0 Å². The molecule has 0 unspecified atom stereocenters. The fourth-order valence-electron chi connectivity index (χ4n) is 0.777. The quantitative estimate of drug-likeness (QED) is 0.840. The largest absolute Gasteiger partial charge is 0.326 e. The monoisotopic (exact) mass is 283 g/mol. The van der Waals surface area contributed by atoms with Gasteiger partial charge in [-0.1, -0.05) is 11.6 Å². The summed E-state index contributed by atoms with van der Waals surface area (Å²) in [5.41, 5.74) is 0.704. The fourth-order valence-corrected chi connectivity index (χ4v) is 1.20. The van der Waals surface area contributed by atoms with Gasteiger partial charge in [0.05, 0.1) is 5.02 Å². The van der Waals surface area contributed by atoms with E-state index in [9.17, 15) is 4.79 Å². The van der Waals surface area contributed by atoms with Gasteiger partial charge < -0.3 is 5.32 Å². The Kier molecular flexibility index (Phi) is 5.37. The van der Waals surface area contributed by atoms with E-state index in [0.29, 0.717) is 10.7 Å². The maximum Gasteiger partial charge on any atom is 0.221 e. The van der Waals surface area contributed by atoms with E-state index in [1.54, 1.807) is 18.2 Å². The molecular weight excluding hydrogens is 277 g/mol. The first-order valence-corrected chi connectivity index (χ1v) is 4.49. The molecule has 0 saturated heterocycles. The third-order valence-electron chi connectivity index (χ3n) is 1.24. The van der Waals surface area contributed by atoms with Crippen molar-refractivity contribution in [2.24, 2.45) is 0 Å². The van der Waals surface area contributed by atoms with Crippen LogP contribution in [0.5, 0.6) is 0 Å². The maximum atomic E-state index is 10.6. The van der Waals surface area contributed by atoms with Gasteiger partial charge in [0.2, 0.25) is 5.91 Å². The Labute approximate surface area is 96.2 Å². The molecule has 1 amide bonds. The molecular formula is C8H8BrCl2NO. The van der Waals surface area contributed by atoms with Crippen LogP contribution in [0.15, 0.2) is 22.7 Å². The SMILES string of the molecule is CC(=O)Nc1ccc(Br)c(Cl)c1.Cl. The Morgan fingerprint density at radius 2 is 2.15 bits per heavy atom. The topological polar surface area (TPSA) is 29.1 Å².